The van der Waals surface area contributed by atoms with Gasteiger partial charge in [0.15, 0.2) is 0 Å². The summed E-state index contributed by atoms with van der Waals surface area (Å²) in [4.78, 5) is 2.67. The molecule has 20 heavy (non-hydrogen) atoms. The quantitative estimate of drug-likeness (QED) is 0.790. The summed E-state index contributed by atoms with van der Waals surface area (Å²) in [5, 5.41) is 3.53. The molecule has 0 spiro atoms. The molecule has 112 valence electrons. The first kappa shape index (κ1) is 15.5. The lowest BCUT2D eigenvalue weighted by Gasteiger charge is -2.28. The van der Waals surface area contributed by atoms with Gasteiger partial charge in [0.25, 0.3) is 0 Å². The highest BCUT2D eigenvalue weighted by atomic mass is 15.1. The average molecular weight is 274 g/mol. The van der Waals surface area contributed by atoms with E-state index >= 15 is 0 Å². The molecule has 0 radical (unpaired) electrons. The second-order valence-corrected chi connectivity index (χ2v) is 6.11. The van der Waals surface area contributed by atoms with Gasteiger partial charge in [0.05, 0.1) is 0 Å². The van der Waals surface area contributed by atoms with Crippen LogP contribution in [0.25, 0.3) is 0 Å². The Morgan fingerprint density at radius 2 is 1.95 bits per heavy atom. The summed E-state index contributed by atoms with van der Waals surface area (Å²) in [7, 11) is 0. The van der Waals surface area contributed by atoms with Gasteiger partial charge in [-0.3, -0.25) is 4.90 Å². The standard InChI is InChI=1S/C18H30N2/c1-3-12-19-14-17-10-6-7-11-18(17)15-20-13-8-4-5-9-16(20)2/h6-7,10-11,16,19H,3-5,8-9,12-15H2,1-2H3. The number of nitrogens with zero attached hydrogens (tertiary/aromatic N) is 1. The van der Waals surface area contributed by atoms with E-state index in [9.17, 15) is 0 Å². The first-order valence-electron chi connectivity index (χ1n) is 8.32. The van der Waals surface area contributed by atoms with Gasteiger partial charge in [0, 0.05) is 19.1 Å². The molecule has 1 saturated heterocycles. The highest BCUT2D eigenvalue weighted by molar-refractivity contribution is 5.27. The molecule has 0 aliphatic carbocycles. The van der Waals surface area contributed by atoms with Crippen LogP contribution in [0.3, 0.4) is 0 Å². The van der Waals surface area contributed by atoms with E-state index in [4.69, 9.17) is 0 Å². The minimum absolute atomic E-state index is 0.731. The monoisotopic (exact) mass is 274 g/mol. The van der Waals surface area contributed by atoms with Crippen LogP contribution in [0.5, 0.6) is 0 Å². The second kappa shape index (κ2) is 8.43. The molecule has 1 aliphatic rings. The van der Waals surface area contributed by atoms with E-state index < -0.39 is 0 Å². The van der Waals surface area contributed by atoms with Crippen molar-refractivity contribution in [2.24, 2.45) is 0 Å². The highest BCUT2D eigenvalue weighted by Gasteiger charge is 2.17. The third-order valence-electron chi connectivity index (χ3n) is 4.42. The van der Waals surface area contributed by atoms with Crippen LogP contribution in [0.1, 0.15) is 57.1 Å². The average Bonchev–Trinajstić information content (AvgIpc) is 2.66. The van der Waals surface area contributed by atoms with Crippen LogP contribution in [0, 0.1) is 0 Å². The van der Waals surface area contributed by atoms with Crippen LogP contribution >= 0.6 is 0 Å². The van der Waals surface area contributed by atoms with E-state index in [1.54, 1.807) is 0 Å². The smallest absolute Gasteiger partial charge is 0.0239 e. The predicted molar refractivity (Wildman–Crippen MR) is 86.8 cm³/mol. The van der Waals surface area contributed by atoms with E-state index in [-0.39, 0.29) is 0 Å². The van der Waals surface area contributed by atoms with Crippen LogP contribution in [0.2, 0.25) is 0 Å². The molecule has 1 aromatic rings. The number of hydrogen-bond donors (Lipinski definition) is 1. The lowest BCUT2D eigenvalue weighted by atomic mass is 10.1. The first-order valence-corrected chi connectivity index (χ1v) is 8.32. The highest BCUT2D eigenvalue weighted by Crippen LogP contribution is 2.20. The Balaban J connectivity index is 2.00. The summed E-state index contributed by atoms with van der Waals surface area (Å²) in [5.41, 5.74) is 2.97. The zero-order valence-corrected chi connectivity index (χ0v) is 13.2. The first-order chi connectivity index (χ1) is 9.81. The normalized spacial score (nSPS) is 20.8. The van der Waals surface area contributed by atoms with Gasteiger partial charge in [-0.1, -0.05) is 44.0 Å². The summed E-state index contributed by atoms with van der Waals surface area (Å²) >= 11 is 0. The maximum atomic E-state index is 3.53. The fraction of sp³-hybridized carbons (Fsp3) is 0.667. The van der Waals surface area contributed by atoms with Gasteiger partial charge in [-0.2, -0.15) is 0 Å². The van der Waals surface area contributed by atoms with Crippen molar-refractivity contribution in [3.05, 3.63) is 35.4 Å². The molecule has 0 amide bonds. The topological polar surface area (TPSA) is 15.3 Å². The number of hydrogen-bond acceptors (Lipinski definition) is 2. The Labute approximate surface area is 124 Å². The maximum absolute atomic E-state index is 3.53. The van der Waals surface area contributed by atoms with Gasteiger partial charge in [0.2, 0.25) is 0 Å². The molecule has 2 rings (SSSR count). The maximum Gasteiger partial charge on any atom is 0.0239 e. The summed E-state index contributed by atoms with van der Waals surface area (Å²) in [6, 6.07) is 9.66. The van der Waals surface area contributed by atoms with Crippen LogP contribution in [-0.4, -0.2) is 24.0 Å². The summed E-state index contributed by atoms with van der Waals surface area (Å²) in [6.45, 7) is 9.10. The zero-order chi connectivity index (χ0) is 14.2. The lowest BCUT2D eigenvalue weighted by molar-refractivity contribution is 0.204. The summed E-state index contributed by atoms with van der Waals surface area (Å²) in [6.07, 6.45) is 6.72. The van der Waals surface area contributed by atoms with Crippen molar-refractivity contribution in [3.8, 4) is 0 Å². The lowest BCUT2D eigenvalue weighted by Crippen LogP contribution is -2.32. The molecule has 0 aromatic heterocycles. The van der Waals surface area contributed by atoms with Crippen LogP contribution in [-0.2, 0) is 13.1 Å². The zero-order valence-electron chi connectivity index (χ0n) is 13.2. The van der Waals surface area contributed by atoms with Crippen molar-refractivity contribution in [1.82, 2.24) is 10.2 Å². The van der Waals surface area contributed by atoms with Crippen molar-refractivity contribution in [2.45, 2.75) is 65.1 Å². The molecule has 1 N–H and O–H groups in total. The van der Waals surface area contributed by atoms with Gasteiger partial charge in [-0.25, -0.2) is 0 Å². The Kier molecular flexibility index (Phi) is 6.55. The SMILES string of the molecule is CCCNCc1ccccc1CN1CCCCCC1C. The number of benzene rings is 1. The molecule has 2 nitrogen and oxygen atoms in total. The summed E-state index contributed by atoms with van der Waals surface area (Å²) < 4.78 is 0. The fourth-order valence-electron chi connectivity index (χ4n) is 3.07. The third kappa shape index (κ3) is 4.60. The molecular weight excluding hydrogens is 244 g/mol. The van der Waals surface area contributed by atoms with Crippen LogP contribution in [0.15, 0.2) is 24.3 Å². The molecule has 1 aliphatic heterocycles. The third-order valence-corrected chi connectivity index (χ3v) is 4.42. The summed E-state index contributed by atoms with van der Waals surface area (Å²) in [5.74, 6) is 0. The number of nitrogens with one attached hydrogen (secondary N) is 1. The van der Waals surface area contributed by atoms with Crippen LogP contribution < -0.4 is 5.32 Å². The fourth-order valence-corrected chi connectivity index (χ4v) is 3.07. The molecule has 2 heteroatoms. The van der Waals surface area contributed by atoms with E-state index in [0.29, 0.717) is 0 Å². The Hall–Kier alpha value is -0.860. The molecule has 0 bridgehead atoms. The molecule has 0 saturated carbocycles. The molecule has 1 fully saturated rings. The molecule has 1 unspecified atom stereocenters. The van der Waals surface area contributed by atoms with E-state index in [2.05, 4.69) is 48.3 Å². The largest absolute Gasteiger partial charge is 0.313 e. The molecular formula is C18H30N2. The molecule has 1 aromatic carbocycles. The minimum Gasteiger partial charge on any atom is -0.313 e. The van der Waals surface area contributed by atoms with Crippen molar-refractivity contribution in [3.63, 3.8) is 0 Å². The van der Waals surface area contributed by atoms with Gasteiger partial charge < -0.3 is 5.32 Å². The second-order valence-electron chi connectivity index (χ2n) is 6.11. The molecule has 1 heterocycles. The van der Waals surface area contributed by atoms with E-state index in [0.717, 1.165) is 25.7 Å². The Bertz CT molecular complexity index is 389. The minimum atomic E-state index is 0.731. The van der Waals surface area contributed by atoms with Gasteiger partial charge in [-0.15, -0.1) is 0 Å². The van der Waals surface area contributed by atoms with E-state index in [1.807, 2.05) is 0 Å². The van der Waals surface area contributed by atoms with Gasteiger partial charge in [-0.05, 0) is 50.4 Å². The van der Waals surface area contributed by atoms with Crippen molar-refractivity contribution < 1.29 is 0 Å². The predicted octanol–water partition coefficient (Wildman–Crippen LogP) is 3.95. The van der Waals surface area contributed by atoms with E-state index in [1.165, 1.54) is 49.8 Å². The number of likely N-dealkylation sites (tertiary alicyclic amines) is 1. The molecule has 1 atom stereocenters. The van der Waals surface area contributed by atoms with Gasteiger partial charge >= 0.3 is 0 Å². The van der Waals surface area contributed by atoms with Crippen molar-refractivity contribution in [1.29, 1.82) is 0 Å². The van der Waals surface area contributed by atoms with Gasteiger partial charge in [0.1, 0.15) is 0 Å². The number of rotatable bonds is 6. The van der Waals surface area contributed by atoms with Crippen molar-refractivity contribution >= 4 is 0 Å². The Morgan fingerprint density at radius 3 is 2.75 bits per heavy atom. The van der Waals surface area contributed by atoms with Crippen LogP contribution in [0.4, 0.5) is 0 Å². The Morgan fingerprint density at radius 1 is 1.15 bits per heavy atom. The van der Waals surface area contributed by atoms with Crippen molar-refractivity contribution in [2.75, 3.05) is 13.1 Å².